The van der Waals surface area contributed by atoms with Gasteiger partial charge in [-0.1, -0.05) is 36.8 Å². The van der Waals surface area contributed by atoms with Gasteiger partial charge in [-0.2, -0.15) is 0 Å². The second kappa shape index (κ2) is 6.79. The number of aliphatic carboxylic acids is 1. The molecular formula is C14H19NO3. The van der Waals surface area contributed by atoms with E-state index in [1.807, 2.05) is 32.0 Å². The van der Waals surface area contributed by atoms with Gasteiger partial charge >= 0.3 is 5.97 Å². The zero-order chi connectivity index (χ0) is 13.5. The minimum Gasteiger partial charge on any atom is -0.481 e. The molecule has 0 radical (unpaired) electrons. The van der Waals surface area contributed by atoms with Gasteiger partial charge in [-0.3, -0.25) is 9.59 Å². The van der Waals surface area contributed by atoms with Gasteiger partial charge in [0.15, 0.2) is 0 Å². The molecule has 0 aromatic heterocycles. The van der Waals surface area contributed by atoms with Crippen molar-refractivity contribution in [2.75, 3.05) is 6.54 Å². The first-order valence-electron chi connectivity index (χ1n) is 6.10. The SMILES string of the molecule is CCCNC(=O)C(CC(=O)O)c1cccc(C)c1. The van der Waals surface area contributed by atoms with Gasteiger partial charge in [0.2, 0.25) is 5.91 Å². The molecule has 0 aliphatic carbocycles. The summed E-state index contributed by atoms with van der Waals surface area (Å²) >= 11 is 0. The Hall–Kier alpha value is -1.84. The molecule has 1 atom stereocenters. The molecule has 0 saturated heterocycles. The number of nitrogens with one attached hydrogen (secondary N) is 1. The molecule has 0 saturated carbocycles. The van der Waals surface area contributed by atoms with Crippen LogP contribution in [0.4, 0.5) is 0 Å². The van der Waals surface area contributed by atoms with Crippen LogP contribution in [0.25, 0.3) is 0 Å². The summed E-state index contributed by atoms with van der Waals surface area (Å²) in [6, 6.07) is 7.42. The molecule has 4 nitrogen and oxygen atoms in total. The normalized spacial score (nSPS) is 11.9. The first-order chi connectivity index (χ1) is 8.54. The van der Waals surface area contributed by atoms with Crippen molar-refractivity contribution in [1.29, 1.82) is 0 Å². The molecule has 0 fully saturated rings. The average Bonchev–Trinajstić information content (AvgIpc) is 2.32. The standard InChI is InChI=1S/C14H19NO3/c1-3-7-15-14(18)12(9-13(16)17)11-6-4-5-10(2)8-11/h4-6,8,12H,3,7,9H2,1-2H3,(H,15,18)(H,16,17). The van der Waals surface area contributed by atoms with Crippen molar-refractivity contribution in [2.45, 2.75) is 32.6 Å². The highest BCUT2D eigenvalue weighted by Crippen LogP contribution is 2.21. The van der Waals surface area contributed by atoms with E-state index in [4.69, 9.17) is 5.11 Å². The number of hydrogen-bond donors (Lipinski definition) is 2. The number of carboxylic acids is 1. The number of hydrogen-bond acceptors (Lipinski definition) is 2. The van der Waals surface area contributed by atoms with Crippen LogP contribution in [0.2, 0.25) is 0 Å². The number of carboxylic acid groups (broad SMARTS) is 1. The summed E-state index contributed by atoms with van der Waals surface area (Å²) in [7, 11) is 0. The van der Waals surface area contributed by atoms with Gasteiger partial charge in [-0.15, -0.1) is 0 Å². The third-order valence-corrected chi connectivity index (χ3v) is 2.69. The predicted octanol–water partition coefficient (Wildman–Crippen LogP) is 2.08. The Kier molecular flexibility index (Phi) is 5.36. The minimum atomic E-state index is -0.965. The number of amides is 1. The van der Waals surface area contributed by atoms with Crippen molar-refractivity contribution < 1.29 is 14.7 Å². The highest BCUT2D eigenvalue weighted by atomic mass is 16.4. The van der Waals surface area contributed by atoms with Crippen LogP contribution >= 0.6 is 0 Å². The van der Waals surface area contributed by atoms with E-state index in [9.17, 15) is 9.59 Å². The first-order valence-corrected chi connectivity index (χ1v) is 6.10. The fourth-order valence-corrected chi connectivity index (χ4v) is 1.79. The van der Waals surface area contributed by atoms with Crippen LogP contribution in [0.5, 0.6) is 0 Å². The van der Waals surface area contributed by atoms with Crippen molar-refractivity contribution in [1.82, 2.24) is 5.32 Å². The molecule has 1 rings (SSSR count). The molecule has 98 valence electrons. The number of carbonyl (C=O) groups is 2. The molecule has 0 bridgehead atoms. The number of carbonyl (C=O) groups excluding carboxylic acids is 1. The maximum Gasteiger partial charge on any atom is 0.304 e. The van der Waals surface area contributed by atoms with E-state index in [1.54, 1.807) is 6.07 Å². The third kappa shape index (κ3) is 4.20. The van der Waals surface area contributed by atoms with Crippen molar-refractivity contribution in [3.8, 4) is 0 Å². The van der Waals surface area contributed by atoms with Crippen molar-refractivity contribution >= 4 is 11.9 Å². The molecule has 0 aliphatic rings. The summed E-state index contributed by atoms with van der Waals surface area (Å²) < 4.78 is 0. The molecule has 1 amide bonds. The fraction of sp³-hybridized carbons (Fsp3) is 0.429. The predicted molar refractivity (Wildman–Crippen MR) is 69.5 cm³/mol. The van der Waals surface area contributed by atoms with Crippen LogP contribution in [0, 0.1) is 6.92 Å². The van der Waals surface area contributed by atoms with E-state index >= 15 is 0 Å². The lowest BCUT2D eigenvalue weighted by molar-refractivity contribution is -0.139. The summed E-state index contributed by atoms with van der Waals surface area (Å²) in [4.78, 5) is 22.8. The van der Waals surface area contributed by atoms with E-state index in [0.29, 0.717) is 6.54 Å². The maximum atomic E-state index is 12.0. The molecule has 4 heteroatoms. The largest absolute Gasteiger partial charge is 0.481 e. The lowest BCUT2D eigenvalue weighted by Crippen LogP contribution is -2.31. The molecule has 1 aromatic rings. The number of rotatable bonds is 6. The third-order valence-electron chi connectivity index (χ3n) is 2.69. The van der Waals surface area contributed by atoms with Gasteiger partial charge in [-0.05, 0) is 18.9 Å². The van der Waals surface area contributed by atoms with Gasteiger partial charge in [0.25, 0.3) is 0 Å². The molecule has 1 aromatic carbocycles. The van der Waals surface area contributed by atoms with Gasteiger partial charge in [0, 0.05) is 6.54 Å². The van der Waals surface area contributed by atoms with Crippen LogP contribution in [0.15, 0.2) is 24.3 Å². The maximum absolute atomic E-state index is 12.0. The van der Waals surface area contributed by atoms with Gasteiger partial charge in [-0.25, -0.2) is 0 Å². The summed E-state index contributed by atoms with van der Waals surface area (Å²) in [5.74, 6) is -1.80. The van der Waals surface area contributed by atoms with E-state index in [2.05, 4.69) is 5.32 Å². The summed E-state index contributed by atoms with van der Waals surface area (Å²) in [6.45, 7) is 4.45. The lowest BCUT2D eigenvalue weighted by atomic mass is 9.93. The Morgan fingerprint density at radius 3 is 2.67 bits per heavy atom. The molecule has 2 N–H and O–H groups in total. The van der Waals surface area contributed by atoms with Gasteiger partial charge < -0.3 is 10.4 Å². The molecule has 0 spiro atoms. The van der Waals surface area contributed by atoms with Crippen molar-refractivity contribution in [3.05, 3.63) is 35.4 Å². The number of aryl methyl sites for hydroxylation is 1. The fourth-order valence-electron chi connectivity index (χ4n) is 1.79. The van der Waals surface area contributed by atoms with E-state index in [0.717, 1.165) is 17.5 Å². The van der Waals surface area contributed by atoms with Crippen molar-refractivity contribution in [3.63, 3.8) is 0 Å². The van der Waals surface area contributed by atoms with E-state index < -0.39 is 11.9 Å². The lowest BCUT2D eigenvalue weighted by Gasteiger charge is -2.15. The highest BCUT2D eigenvalue weighted by molar-refractivity contribution is 5.87. The Morgan fingerprint density at radius 2 is 2.11 bits per heavy atom. The molecule has 18 heavy (non-hydrogen) atoms. The molecular weight excluding hydrogens is 230 g/mol. The van der Waals surface area contributed by atoms with Crippen LogP contribution in [0.1, 0.15) is 36.8 Å². The van der Waals surface area contributed by atoms with E-state index in [1.165, 1.54) is 0 Å². The second-order valence-electron chi connectivity index (χ2n) is 4.36. The zero-order valence-corrected chi connectivity index (χ0v) is 10.8. The van der Waals surface area contributed by atoms with Crippen LogP contribution < -0.4 is 5.32 Å². The van der Waals surface area contributed by atoms with Gasteiger partial charge in [0.1, 0.15) is 0 Å². The Bertz CT molecular complexity index is 429. The Labute approximate surface area is 107 Å². The summed E-state index contributed by atoms with van der Waals surface area (Å²) in [6.07, 6.45) is 0.651. The average molecular weight is 249 g/mol. The Balaban J connectivity index is 2.90. The Morgan fingerprint density at radius 1 is 1.39 bits per heavy atom. The zero-order valence-electron chi connectivity index (χ0n) is 10.8. The summed E-state index contributed by atoms with van der Waals surface area (Å²) in [5.41, 5.74) is 1.78. The molecule has 0 aliphatic heterocycles. The van der Waals surface area contributed by atoms with Crippen LogP contribution in [-0.4, -0.2) is 23.5 Å². The van der Waals surface area contributed by atoms with Crippen LogP contribution in [0.3, 0.4) is 0 Å². The topological polar surface area (TPSA) is 66.4 Å². The van der Waals surface area contributed by atoms with Crippen molar-refractivity contribution in [2.24, 2.45) is 0 Å². The van der Waals surface area contributed by atoms with Gasteiger partial charge in [0.05, 0.1) is 12.3 Å². The quantitative estimate of drug-likeness (QED) is 0.811. The minimum absolute atomic E-state index is 0.182. The van der Waals surface area contributed by atoms with E-state index in [-0.39, 0.29) is 12.3 Å². The first kappa shape index (κ1) is 14.2. The summed E-state index contributed by atoms with van der Waals surface area (Å²) in [5, 5.41) is 11.7. The second-order valence-corrected chi connectivity index (χ2v) is 4.36. The number of benzene rings is 1. The molecule has 0 heterocycles. The highest BCUT2D eigenvalue weighted by Gasteiger charge is 2.23. The molecule has 1 unspecified atom stereocenters. The van der Waals surface area contributed by atoms with Crippen LogP contribution in [-0.2, 0) is 9.59 Å². The monoisotopic (exact) mass is 249 g/mol. The smallest absolute Gasteiger partial charge is 0.304 e.